The first-order chi connectivity index (χ1) is 19.0. The van der Waals surface area contributed by atoms with Gasteiger partial charge in [-0.3, -0.25) is 0 Å². The van der Waals surface area contributed by atoms with Gasteiger partial charge in [0, 0.05) is 12.3 Å². The van der Waals surface area contributed by atoms with Crippen LogP contribution in [0.4, 0.5) is 0 Å². The van der Waals surface area contributed by atoms with E-state index in [-0.39, 0.29) is 5.78 Å². The molecule has 0 amide bonds. The van der Waals surface area contributed by atoms with Crippen LogP contribution in [0.2, 0.25) is 0 Å². The van der Waals surface area contributed by atoms with Gasteiger partial charge >= 0.3 is 159 Å². The Morgan fingerprint density at radius 3 is 2.62 bits per heavy atom. The fourth-order valence-electron chi connectivity index (χ4n) is 5.23. The molecule has 39 heavy (non-hydrogen) atoms. The van der Waals surface area contributed by atoms with Gasteiger partial charge in [-0.1, -0.05) is 54.6 Å². The van der Waals surface area contributed by atoms with Gasteiger partial charge in [0.2, 0.25) is 0 Å². The number of hydrogen-bond donors (Lipinski definition) is 4. The standard InChI is InChI=1S/C32H49N5P.Pb/c1-4-5-6-10-13-31-20-30(24-37(31)25(2)21-34-3)35-23-29(33)19-16-26-14-17-28(18-15-26)32(38)36-22-27-11-8-7-9-12-27;/h7-9,11-12,14-15,17-18,23,30-32,34-36H,2-6,10,13,16,19-22,24,33,38H2,1H3;/b29-23-;. The molecule has 5 N–H and O–H groups in total. The molecule has 211 valence electrons. The Kier molecular flexibility index (Phi) is 14.9. The second kappa shape index (κ2) is 18.1. The van der Waals surface area contributed by atoms with Crippen LogP contribution < -0.4 is 21.7 Å². The summed E-state index contributed by atoms with van der Waals surface area (Å²) in [6.45, 7) is 9.46. The van der Waals surface area contributed by atoms with Crippen LogP contribution in [0, 0.1) is 0 Å². The van der Waals surface area contributed by atoms with Crippen molar-refractivity contribution in [2.45, 2.75) is 82.7 Å². The zero-order valence-corrected chi connectivity index (χ0v) is 28.8. The molecule has 1 saturated heterocycles. The van der Waals surface area contributed by atoms with Crippen LogP contribution >= 0.6 is 9.24 Å². The summed E-state index contributed by atoms with van der Waals surface area (Å²) in [4.78, 5) is 2.55. The van der Waals surface area contributed by atoms with Gasteiger partial charge in [0.15, 0.2) is 0 Å². The van der Waals surface area contributed by atoms with Gasteiger partial charge in [0.1, 0.15) is 0 Å². The summed E-state index contributed by atoms with van der Waals surface area (Å²) < 4.78 is 1.11. The number of nitrogens with two attached hydrogens (primary N) is 1. The van der Waals surface area contributed by atoms with Crippen LogP contribution in [0.25, 0.3) is 0 Å². The molecule has 0 saturated carbocycles. The zero-order valence-electron chi connectivity index (χ0n) is 23.8. The van der Waals surface area contributed by atoms with Crippen LogP contribution in [0.1, 0.15) is 74.3 Å². The molecule has 2 aromatic rings. The number of nitrogens with zero attached hydrogens (tertiary/aromatic N) is 1. The quantitative estimate of drug-likeness (QED) is 0.0949. The number of nitrogens with one attached hydrogen (secondary N) is 3. The molecule has 0 aromatic heterocycles. The molecular formula is C32H49N5PPb. The van der Waals surface area contributed by atoms with Gasteiger partial charge in [-0.05, 0) is 16.7 Å². The molecular weight excluding hydrogens is 693 g/mol. The molecule has 1 aliphatic heterocycles. The molecule has 0 bridgehead atoms. The molecule has 2 aromatic carbocycles. The average molecular weight is 742 g/mol. The number of aryl methyl sites for hydroxylation is 1. The molecule has 0 aliphatic carbocycles. The van der Waals surface area contributed by atoms with E-state index in [2.05, 4.69) is 104 Å². The van der Waals surface area contributed by atoms with E-state index in [9.17, 15) is 0 Å². The van der Waals surface area contributed by atoms with E-state index >= 15 is 0 Å². The fraction of sp³-hybridized carbons (Fsp3) is 0.500. The van der Waals surface area contributed by atoms with E-state index in [4.69, 9.17) is 5.73 Å². The van der Waals surface area contributed by atoms with E-state index < -0.39 is 0 Å². The number of rotatable bonds is 18. The SMILES string of the molecule is C=C(CN[CH2][Pb])N1CC(N/C=C(\N)CCc2ccc(C(P)NCc3ccccc3)cc2)CC1CCCCCC. The molecule has 3 rings (SSSR count). The first-order valence-corrected chi connectivity index (χ1v) is 18.0. The van der Waals surface area contributed by atoms with E-state index in [0.29, 0.717) is 12.1 Å². The van der Waals surface area contributed by atoms with Crippen molar-refractivity contribution < 1.29 is 0 Å². The van der Waals surface area contributed by atoms with Crippen LogP contribution in [0.3, 0.4) is 0 Å². The van der Waals surface area contributed by atoms with Crippen LogP contribution in [-0.2, 0) is 13.0 Å². The first-order valence-electron chi connectivity index (χ1n) is 14.6. The van der Waals surface area contributed by atoms with E-state index in [0.717, 1.165) is 48.7 Å². The fourth-order valence-corrected chi connectivity index (χ4v) is 6.06. The molecule has 3 radical (unpaired) electrons. The van der Waals surface area contributed by atoms with E-state index in [1.165, 1.54) is 80.3 Å². The molecule has 5 nitrogen and oxygen atoms in total. The van der Waals surface area contributed by atoms with E-state index in [1.54, 1.807) is 0 Å². The van der Waals surface area contributed by atoms with Crippen LogP contribution in [0.5, 0.6) is 0 Å². The van der Waals surface area contributed by atoms with Crippen molar-refractivity contribution in [2.75, 3.05) is 17.2 Å². The van der Waals surface area contributed by atoms with E-state index in [1.807, 2.05) is 0 Å². The molecule has 0 spiro atoms. The molecule has 1 fully saturated rings. The van der Waals surface area contributed by atoms with Gasteiger partial charge in [-0.15, -0.1) is 9.24 Å². The third kappa shape index (κ3) is 11.5. The maximum absolute atomic E-state index is 6.43. The monoisotopic (exact) mass is 742 g/mol. The maximum atomic E-state index is 6.43. The summed E-state index contributed by atoms with van der Waals surface area (Å²) in [5.41, 5.74) is 12.5. The molecule has 1 heterocycles. The summed E-state index contributed by atoms with van der Waals surface area (Å²) in [7, 11) is 2.91. The number of likely N-dealkylation sites (tertiary alicyclic amines) is 1. The van der Waals surface area contributed by atoms with Crippen molar-refractivity contribution in [3.05, 3.63) is 95.5 Å². The van der Waals surface area contributed by atoms with Crippen molar-refractivity contribution in [3.63, 3.8) is 0 Å². The van der Waals surface area contributed by atoms with Crippen molar-refractivity contribution in [1.82, 2.24) is 20.9 Å². The third-order valence-electron chi connectivity index (χ3n) is 7.58. The zero-order chi connectivity index (χ0) is 27.9. The van der Waals surface area contributed by atoms with Crippen molar-refractivity contribution in [1.29, 1.82) is 0 Å². The third-order valence-corrected chi connectivity index (χ3v) is 9.17. The molecule has 4 unspecified atom stereocenters. The second-order valence-electron chi connectivity index (χ2n) is 10.7. The van der Waals surface area contributed by atoms with Crippen molar-refractivity contribution >= 4 is 35.0 Å². The Morgan fingerprint density at radius 1 is 1.13 bits per heavy atom. The van der Waals surface area contributed by atoms with Gasteiger partial charge < -0.3 is 5.32 Å². The summed E-state index contributed by atoms with van der Waals surface area (Å²) >= 11 is 1.18. The predicted octanol–water partition coefficient (Wildman–Crippen LogP) is 5.32. The predicted molar refractivity (Wildman–Crippen MR) is 171 cm³/mol. The number of allylic oxidation sites excluding steroid dienone is 1. The van der Waals surface area contributed by atoms with Crippen LogP contribution in [0.15, 0.2) is 78.8 Å². The average Bonchev–Trinajstić information content (AvgIpc) is 3.38. The normalized spacial score (nSPS) is 18.3. The summed E-state index contributed by atoms with van der Waals surface area (Å²) in [5, 5.41) is 10.7. The van der Waals surface area contributed by atoms with Gasteiger partial charge in [0.05, 0.1) is 0 Å². The Balaban J connectivity index is 1.44. The molecule has 4 atom stereocenters. The number of benzene rings is 2. The van der Waals surface area contributed by atoms with Gasteiger partial charge in [-0.2, -0.15) is 0 Å². The Morgan fingerprint density at radius 2 is 1.90 bits per heavy atom. The summed E-state index contributed by atoms with van der Waals surface area (Å²) in [5.74, 6) is 0.227. The Labute approximate surface area is 255 Å². The number of hydrogen-bond acceptors (Lipinski definition) is 5. The topological polar surface area (TPSA) is 65.3 Å². The summed E-state index contributed by atoms with van der Waals surface area (Å²) in [6, 6.07) is 20.4. The second-order valence-corrected chi connectivity index (χ2v) is 12.8. The Bertz CT molecular complexity index is 997. The van der Waals surface area contributed by atoms with Crippen molar-refractivity contribution in [3.8, 4) is 0 Å². The minimum atomic E-state index is 0.227. The minimum absolute atomic E-state index is 0.227. The van der Waals surface area contributed by atoms with Crippen molar-refractivity contribution in [2.24, 2.45) is 5.73 Å². The van der Waals surface area contributed by atoms with Crippen LogP contribution in [-0.4, -0.2) is 59.9 Å². The Hall–Kier alpha value is -1.41. The van der Waals surface area contributed by atoms with Gasteiger partial charge in [0.25, 0.3) is 0 Å². The first kappa shape index (κ1) is 32.1. The molecule has 7 heteroatoms. The number of unbranched alkanes of at least 4 members (excludes halogenated alkanes) is 3. The summed E-state index contributed by atoms with van der Waals surface area (Å²) in [6.07, 6.45) is 11.5. The molecule has 1 aliphatic rings. The van der Waals surface area contributed by atoms with Gasteiger partial charge in [-0.25, -0.2) is 0 Å².